The predicted octanol–water partition coefficient (Wildman–Crippen LogP) is 6.36. The van der Waals surface area contributed by atoms with Gasteiger partial charge in [0.25, 0.3) is 11.8 Å². The molecule has 7 heteroatoms. The van der Waals surface area contributed by atoms with Crippen LogP contribution < -0.4 is 0 Å². The maximum atomic E-state index is 13.9. The highest BCUT2D eigenvalue weighted by Crippen LogP contribution is 2.30. The lowest BCUT2D eigenvalue weighted by atomic mass is 9.95. The summed E-state index contributed by atoms with van der Waals surface area (Å²) in [6, 6.07) is 23.9. The molecule has 5 nitrogen and oxygen atoms in total. The second-order valence-electron chi connectivity index (χ2n) is 10.2. The van der Waals surface area contributed by atoms with Crippen molar-refractivity contribution in [2.24, 2.45) is 0 Å². The minimum absolute atomic E-state index is 0.0390. The van der Waals surface area contributed by atoms with Crippen molar-refractivity contribution >= 4 is 56.6 Å². The molecule has 4 aromatic carbocycles. The van der Waals surface area contributed by atoms with Crippen molar-refractivity contribution in [2.75, 3.05) is 39.3 Å². The van der Waals surface area contributed by atoms with Crippen LogP contribution in [0.15, 0.2) is 72.8 Å². The smallest absolute Gasteiger partial charge is 0.255 e. The van der Waals surface area contributed by atoms with Gasteiger partial charge in [0.05, 0.1) is 16.1 Å². The van der Waals surface area contributed by atoms with Gasteiger partial charge in [-0.25, -0.2) is 0 Å². The van der Waals surface area contributed by atoms with Crippen molar-refractivity contribution in [3.05, 3.63) is 94.0 Å². The number of carbonyl (C=O) groups is 2. The van der Waals surface area contributed by atoms with E-state index in [0.717, 1.165) is 53.0 Å². The molecule has 0 atom stereocenters. The van der Waals surface area contributed by atoms with Gasteiger partial charge in [-0.2, -0.15) is 0 Å². The Labute approximate surface area is 232 Å². The lowest BCUT2D eigenvalue weighted by Crippen LogP contribution is -2.54. The summed E-state index contributed by atoms with van der Waals surface area (Å²) in [6.07, 6.45) is 1.83. The van der Waals surface area contributed by atoms with Crippen LogP contribution in [0.25, 0.3) is 21.5 Å². The normalized spacial score (nSPS) is 17.3. The maximum Gasteiger partial charge on any atom is 0.255 e. The summed E-state index contributed by atoms with van der Waals surface area (Å²) in [4.78, 5) is 33.2. The summed E-state index contributed by atoms with van der Waals surface area (Å²) in [5.41, 5.74) is 1.31. The Kier molecular flexibility index (Phi) is 7.00. The van der Waals surface area contributed by atoms with E-state index in [1.165, 1.54) is 0 Å². The van der Waals surface area contributed by atoms with Crippen LogP contribution in [0, 0.1) is 0 Å². The fourth-order valence-electron chi connectivity index (χ4n) is 5.96. The number of piperazine rings is 1. The molecule has 0 spiro atoms. The van der Waals surface area contributed by atoms with Gasteiger partial charge in [0.2, 0.25) is 0 Å². The molecule has 2 fully saturated rings. The van der Waals surface area contributed by atoms with E-state index in [-0.39, 0.29) is 11.8 Å². The van der Waals surface area contributed by atoms with Gasteiger partial charge in [0.1, 0.15) is 0 Å². The predicted molar refractivity (Wildman–Crippen MR) is 154 cm³/mol. The molecule has 2 aliphatic rings. The molecule has 6 rings (SSSR count). The topological polar surface area (TPSA) is 43.9 Å². The minimum atomic E-state index is -0.0390. The summed E-state index contributed by atoms with van der Waals surface area (Å²) < 4.78 is 0. The number of benzene rings is 4. The zero-order valence-electron chi connectivity index (χ0n) is 21.1. The fraction of sp³-hybridized carbons (Fsp3) is 0.290. The highest BCUT2D eigenvalue weighted by atomic mass is 35.5. The third kappa shape index (κ3) is 4.75. The Balaban J connectivity index is 1.11. The molecule has 2 amide bonds. The highest BCUT2D eigenvalue weighted by molar-refractivity contribution is 6.36. The number of hydrogen-bond donors (Lipinski definition) is 0. The van der Waals surface area contributed by atoms with Gasteiger partial charge in [-0.3, -0.25) is 14.5 Å². The Bertz CT molecular complexity index is 1470. The first kappa shape index (κ1) is 25.2. The zero-order valence-corrected chi connectivity index (χ0v) is 22.6. The largest absolute Gasteiger partial charge is 0.338 e. The van der Waals surface area contributed by atoms with E-state index in [9.17, 15) is 9.59 Å². The monoisotopic (exact) mass is 545 g/mol. The number of likely N-dealkylation sites (tertiary alicyclic amines) is 1. The number of amides is 2. The van der Waals surface area contributed by atoms with Crippen LogP contribution in [-0.4, -0.2) is 71.8 Å². The first-order valence-corrected chi connectivity index (χ1v) is 13.9. The van der Waals surface area contributed by atoms with Crippen molar-refractivity contribution in [2.45, 2.75) is 18.9 Å². The van der Waals surface area contributed by atoms with E-state index in [4.69, 9.17) is 23.2 Å². The van der Waals surface area contributed by atoms with Crippen LogP contribution >= 0.6 is 23.2 Å². The van der Waals surface area contributed by atoms with Crippen LogP contribution in [0.1, 0.15) is 33.6 Å². The summed E-state index contributed by atoms with van der Waals surface area (Å²) in [7, 11) is 0. The number of piperidine rings is 1. The molecule has 0 radical (unpaired) electrons. The summed E-state index contributed by atoms with van der Waals surface area (Å²) in [5, 5.41) is 5.12. The van der Waals surface area contributed by atoms with Crippen molar-refractivity contribution < 1.29 is 9.59 Å². The van der Waals surface area contributed by atoms with Gasteiger partial charge in [-0.1, -0.05) is 71.7 Å². The van der Waals surface area contributed by atoms with Crippen molar-refractivity contribution in [1.29, 1.82) is 0 Å². The minimum Gasteiger partial charge on any atom is -0.338 e. The van der Waals surface area contributed by atoms with E-state index in [1.807, 2.05) is 34.1 Å². The van der Waals surface area contributed by atoms with E-state index in [1.54, 1.807) is 18.2 Å². The quantitative estimate of drug-likeness (QED) is 0.281. The number of nitrogens with zero attached hydrogens (tertiary/aromatic N) is 3. The van der Waals surface area contributed by atoms with Gasteiger partial charge in [0.15, 0.2) is 0 Å². The lowest BCUT2D eigenvalue weighted by Gasteiger charge is -2.43. The standard InChI is InChI=1S/C31H29Cl2N3O2/c32-23-9-10-27(28(33)20-23)30(37)35-13-11-24(12-14-35)34-15-17-36(18-16-34)31(38)29-25-7-3-1-5-21(25)19-22-6-2-4-8-26(22)29/h1-10,19-20,24H,11-18H2. The van der Waals surface area contributed by atoms with Crippen molar-refractivity contribution in [3.63, 3.8) is 0 Å². The highest BCUT2D eigenvalue weighted by Gasteiger charge is 2.32. The average molecular weight is 546 g/mol. The van der Waals surface area contributed by atoms with Crippen molar-refractivity contribution in [3.8, 4) is 0 Å². The first-order valence-electron chi connectivity index (χ1n) is 13.2. The Hall–Kier alpha value is -3.12. The first-order chi connectivity index (χ1) is 18.5. The van der Waals surface area contributed by atoms with Crippen LogP contribution in [0.4, 0.5) is 0 Å². The second kappa shape index (κ2) is 10.6. The summed E-state index contributed by atoms with van der Waals surface area (Å²) in [5.74, 6) is 0.0701. The summed E-state index contributed by atoms with van der Waals surface area (Å²) >= 11 is 12.3. The van der Waals surface area contributed by atoms with Crippen LogP contribution in [0.3, 0.4) is 0 Å². The zero-order chi connectivity index (χ0) is 26.2. The molecule has 0 aromatic heterocycles. The van der Waals surface area contributed by atoms with E-state index in [0.29, 0.717) is 47.8 Å². The van der Waals surface area contributed by atoms with Crippen LogP contribution in [0.2, 0.25) is 10.0 Å². The van der Waals surface area contributed by atoms with E-state index in [2.05, 4.69) is 35.2 Å². The Morgan fingerprint density at radius 2 is 1.24 bits per heavy atom. The van der Waals surface area contributed by atoms with E-state index >= 15 is 0 Å². The SMILES string of the molecule is O=C(c1ccc(Cl)cc1Cl)N1CCC(N2CCN(C(=O)c3c4ccccc4cc4ccccc34)CC2)CC1. The molecule has 2 saturated heterocycles. The Morgan fingerprint density at radius 3 is 1.84 bits per heavy atom. The molecule has 0 unspecified atom stereocenters. The Morgan fingerprint density at radius 1 is 0.658 bits per heavy atom. The van der Waals surface area contributed by atoms with Gasteiger partial charge < -0.3 is 9.80 Å². The number of carbonyl (C=O) groups excluding carboxylic acids is 2. The van der Waals surface area contributed by atoms with Gasteiger partial charge in [0, 0.05) is 50.3 Å². The molecule has 2 heterocycles. The van der Waals surface area contributed by atoms with Gasteiger partial charge in [-0.05, 0) is 58.7 Å². The molecule has 4 aromatic rings. The van der Waals surface area contributed by atoms with Gasteiger partial charge >= 0.3 is 0 Å². The third-order valence-corrected chi connectivity index (χ3v) is 8.56. The number of halogens is 2. The number of rotatable bonds is 3. The van der Waals surface area contributed by atoms with E-state index < -0.39 is 0 Å². The number of fused-ring (bicyclic) bond motifs is 2. The molecule has 194 valence electrons. The molecule has 0 saturated carbocycles. The lowest BCUT2D eigenvalue weighted by molar-refractivity contribution is 0.0414. The summed E-state index contributed by atoms with van der Waals surface area (Å²) in [6.45, 7) is 4.49. The molecule has 2 aliphatic heterocycles. The molecule has 0 N–H and O–H groups in total. The molecule has 38 heavy (non-hydrogen) atoms. The molecule has 0 aliphatic carbocycles. The molecular weight excluding hydrogens is 517 g/mol. The number of hydrogen-bond acceptors (Lipinski definition) is 3. The van der Waals surface area contributed by atoms with Gasteiger partial charge in [-0.15, -0.1) is 0 Å². The molecule has 0 bridgehead atoms. The maximum absolute atomic E-state index is 13.9. The second-order valence-corrected chi connectivity index (χ2v) is 11.0. The fourth-order valence-corrected chi connectivity index (χ4v) is 6.45. The molecular formula is C31H29Cl2N3O2. The van der Waals surface area contributed by atoms with Crippen LogP contribution in [0.5, 0.6) is 0 Å². The van der Waals surface area contributed by atoms with Crippen molar-refractivity contribution in [1.82, 2.24) is 14.7 Å². The van der Waals surface area contributed by atoms with Crippen LogP contribution in [-0.2, 0) is 0 Å². The third-order valence-electron chi connectivity index (χ3n) is 8.02. The average Bonchev–Trinajstić information content (AvgIpc) is 2.95.